The van der Waals surface area contributed by atoms with Crippen LogP contribution in [0, 0.1) is 0 Å². The van der Waals surface area contributed by atoms with E-state index in [1.165, 1.54) is 7.11 Å². The zero-order valence-corrected chi connectivity index (χ0v) is 13.3. The summed E-state index contributed by atoms with van der Waals surface area (Å²) >= 11 is 0. The highest BCUT2D eigenvalue weighted by molar-refractivity contribution is 5.68. The van der Waals surface area contributed by atoms with Gasteiger partial charge in [0, 0.05) is 24.9 Å². The molecule has 7 nitrogen and oxygen atoms in total. The molecule has 122 valence electrons. The Morgan fingerprint density at radius 3 is 2.86 bits per heavy atom. The van der Waals surface area contributed by atoms with E-state index in [9.17, 15) is 4.79 Å². The summed E-state index contributed by atoms with van der Waals surface area (Å²) in [5.74, 6) is 0.447. The van der Waals surface area contributed by atoms with Crippen molar-refractivity contribution in [2.75, 3.05) is 14.2 Å². The standard InChI is InChI=1S/C15H23N3O4/c1-4-5-6-12-8-10(17-15(19)22-12)7-11-9-13(20-2)18-14(16-11)21-3/h9-10,12H,4-8H2,1-3H3,(H,17,19)/t10-,12+/m0/s1. The van der Waals surface area contributed by atoms with Gasteiger partial charge in [-0.2, -0.15) is 9.97 Å². The maximum Gasteiger partial charge on any atom is 0.407 e. The van der Waals surface area contributed by atoms with Crippen LogP contribution in [0.25, 0.3) is 0 Å². The van der Waals surface area contributed by atoms with E-state index in [4.69, 9.17) is 14.2 Å². The van der Waals surface area contributed by atoms with Crippen molar-refractivity contribution in [2.24, 2.45) is 0 Å². The Hall–Kier alpha value is -2.05. The first-order valence-electron chi connectivity index (χ1n) is 7.57. The topological polar surface area (TPSA) is 82.6 Å². The molecule has 0 radical (unpaired) electrons. The second kappa shape index (κ2) is 7.82. The Balaban J connectivity index is 2.03. The molecule has 0 aliphatic carbocycles. The fourth-order valence-corrected chi connectivity index (χ4v) is 2.52. The van der Waals surface area contributed by atoms with Gasteiger partial charge in [0.15, 0.2) is 0 Å². The van der Waals surface area contributed by atoms with Crippen molar-refractivity contribution in [2.45, 2.75) is 51.2 Å². The molecule has 0 unspecified atom stereocenters. The normalized spacial score (nSPS) is 21.0. The molecule has 0 aromatic carbocycles. The summed E-state index contributed by atoms with van der Waals surface area (Å²) in [6.07, 6.45) is 4.03. The second-order valence-electron chi connectivity index (χ2n) is 5.34. The van der Waals surface area contributed by atoms with Crippen LogP contribution in [0.4, 0.5) is 4.79 Å². The maximum atomic E-state index is 11.7. The summed E-state index contributed by atoms with van der Waals surface area (Å²) in [7, 11) is 3.05. The lowest BCUT2D eigenvalue weighted by molar-refractivity contribution is 0.0529. The number of unbranched alkanes of at least 4 members (excludes halogenated alkanes) is 1. The molecule has 1 aromatic heterocycles. The highest BCUT2D eigenvalue weighted by atomic mass is 16.6. The van der Waals surface area contributed by atoms with Crippen molar-refractivity contribution < 1.29 is 19.0 Å². The summed E-state index contributed by atoms with van der Waals surface area (Å²) in [6.45, 7) is 2.12. The van der Waals surface area contributed by atoms with Crippen molar-refractivity contribution in [3.05, 3.63) is 11.8 Å². The van der Waals surface area contributed by atoms with E-state index >= 15 is 0 Å². The van der Waals surface area contributed by atoms with Gasteiger partial charge in [-0.15, -0.1) is 0 Å². The van der Waals surface area contributed by atoms with Crippen LogP contribution in [0.1, 0.15) is 38.3 Å². The average Bonchev–Trinajstić information content (AvgIpc) is 2.51. The predicted molar refractivity (Wildman–Crippen MR) is 80.2 cm³/mol. The molecule has 7 heteroatoms. The number of nitrogens with zero attached hydrogens (tertiary/aromatic N) is 2. The third kappa shape index (κ3) is 4.47. The molecular weight excluding hydrogens is 286 g/mol. The molecule has 1 N–H and O–H groups in total. The Morgan fingerprint density at radius 1 is 1.36 bits per heavy atom. The Bertz CT molecular complexity index is 487. The molecule has 1 aliphatic rings. The van der Waals surface area contributed by atoms with Gasteiger partial charge in [-0.25, -0.2) is 4.79 Å². The van der Waals surface area contributed by atoms with Gasteiger partial charge in [0.2, 0.25) is 5.88 Å². The van der Waals surface area contributed by atoms with Gasteiger partial charge < -0.3 is 19.5 Å². The zero-order valence-electron chi connectivity index (χ0n) is 13.3. The third-order valence-electron chi connectivity index (χ3n) is 3.61. The molecule has 2 rings (SSSR count). The van der Waals surface area contributed by atoms with E-state index in [0.29, 0.717) is 12.3 Å². The number of ether oxygens (including phenoxy) is 3. The highest BCUT2D eigenvalue weighted by Gasteiger charge is 2.28. The molecular formula is C15H23N3O4. The van der Waals surface area contributed by atoms with Crippen LogP contribution in [0.15, 0.2) is 6.07 Å². The van der Waals surface area contributed by atoms with E-state index in [1.54, 1.807) is 13.2 Å². The molecule has 1 aliphatic heterocycles. The molecule has 2 atom stereocenters. The van der Waals surface area contributed by atoms with E-state index < -0.39 is 0 Å². The molecule has 1 aromatic rings. The molecule has 1 amide bonds. The lowest BCUT2D eigenvalue weighted by Gasteiger charge is -2.30. The van der Waals surface area contributed by atoms with Crippen LogP contribution < -0.4 is 14.8 Å². The molecule has 1 fully saturated rings. The predicted octanol–water partition coefficient (Wildman–Crippen LogP) is 2.09. The molecule has 22 heavy (non-hydrogen) atoms. The number of hydrogen-bond donors (Lipinski definition) is 1. The number of nitrogens with one attached hydrogen (secondary N) is 1. The van der Waals surface area contributed by atoms with Gasteiger partial charge >= 0.3 is 12.1 Å². The van der Waals surface area contributed by atoms with Crippen molar-refractivity contribution in [1.82, 2.24) is 15.3 Å². The van der Waals surface area contributed by atoms with Gasteiger partial charge in [0.1, 0.15) is 6.10 Å². The van der Waals surface area contributed by atoms with Crippen LogP contribution in [0.2, 0.25) is 0 Å². The number of cyclic esters (lactones) is 1. The van der Waals surface area contributed by atoms with Crippen LogP contribution in [0.3, 0.4) is 0 Å². The molecule has 0 saturated carbocycles. The van der Waals surface area contributed by atoms with Crippen LogP contribution in [0.5, 0.6) is 11.9 Å². The van der Waals surface area contributed by atoms with Crippen molar-refractivity contribution in [3.8, 4) is 11.9 Å². The number of aromatic nitrogens is 2. The zero-order chi connectivity index (χ0) is 15.9. The highest BCUT2D eigenvalue weighted by Crippen LogP contribution is 2.20. The summed E-state index contributed by atoms with van der Waals surface area (Å²) in [4.78, 5) is 20.0. The summed E-state index contributed by atoms with van der Waals surface area (Å²) < 4.78 is 15.5. The minimum Gasteiger partial charge on any atom is -0.481 e. The Morgan fingerprint density at radius 2 is 2.18 bits per heavy atom. The number of alkyl carbamates (subject to hydrolysis) is 1. The second-order valence-corrected chi connectivity index (χ2v) is 5.34. The lowest BCUT2D eigenvalue weighted by atomic mass is 9.99. The smallest absolute Gasteiger partial charge is 0.407 e. The lowest BCUT2D eigenvalue weighted by Crippen LogP contribution is -2.46. The minimum absolute atomic E-state index is 0.00702. The van der Waals surface area contributed by atoms with Crippen molar-refractivity contribution in [3.63, 3.8) is 0 Å². The first-order valence-corrected chi connectivity index (χ1v) is 7.57. The van der Waals surface area contributed by atoms with E-state index in [-0.39, 0.29) is 24.2 Å². The quantitative estimate of drug-likeness (QED) is 0.830. The number of carbonyl (C=O) groups is 1. The van der Waals surface area contributed by atoms with E-state index in [0.717, 1.165) is 31.4 Å². The largest absolute Gasteiger partial charge is 0.481 e. The summed E-state index contributed by atoms with van der Waals surface area (Å²) in [5.41, 5.74) is 0.769. The summed E-state index contributed by atoms with van der Waals surface area (Å²) in [5, 5.41) is 2.84. The van der Waals surface area contributed by atoms with Crippen LogP contribution in [-0.4, -0.2) is 42.4 Å². The van der Waals surface area contributed by atoms with Crippen molar-refractivity contribution >= 4 is 6.09 Å². The van der Waals surface area contributed by atoms with Gasteiger partial charge in [-0.1, -0.05) is 19.8 Å². The fourth-order valence-electron chi connectivity index (χ4n) is 2.52. The number of hydrogen-bond acceptors (Lipinski definition) is 6. The first kappa shape index (κ1) is 16.3. The summed E-state index contributed by atoms with van der Waals surface area (Å²) in [6, 6.07) is 2.01. The maximum absolute atomic E-state index is 11.7. The minimum atomic E-state index is -0.356. The van der Waals surface area contributed by atoms with Crippen molar-refractivity contribution in [1.29, 1.82) is 0 Å². The SMILES string of the molecule is CCCC[C@@H]1C[C@H](Cc2cc(OC)nc(OC)n2)NC(=O)O1. The average molecular weight is 309 g/mol. The molecule has 2 heterocycles. The first-order chi connectivity index (χ1) is 10.6. The van der Waals surface area contributed by atoms with Gasteiger partial charge in [-0.05, 0) is 6.42 Å². The van der Waals surface area contributed by atoms with Gasteiger partial charge in [0.25, 0.3) is 0 Å². The molecule has 0 bridgehead atoms. The molecule has 0 spiro atoms. The Labute approximate surface area is 130 Å². The van der Waals surface area contributed by atoms with Crippen LogP contribution >= 0.6 is 0 Å². The number of rotatable bonds is 7. The Kier molecular flexibility index (Phi) is 5.80. The van der Waals surface area contributed by atoms with Gasteiger partial charge in [-0.3, -0.25) is 0 Å². The number of methoxy groups -OCH3 is 2. The fraction of sp³-hybridized carbons (Fsp3) is 0.667. The third-order valence-corrected chi connectivity index (χ3v) is 3.61. The molecule has 1 saturated heterocycles. The number of carbonyl (C=O) groups excluding carboxylic acids is 1. The van der Waals surface area contributed by atoms with Gasteiger partial charge in [0.05, 0.1) is 19.9 Å². The van der Waals surface area contributed by atoms with E-state index in [2.05, 4.69) is 22.2 Å². The monoisotopic (exact) mass is 309 g/mol. The van der Waals surface area contributed by atoms with E-state index in [1.807, 2.05) is 0 Å². The van der Waals surface area contributed by atoms with Crippen LogP contribution in [-0.2, 0) is 11.2 Å². The number of amides is 1.